The Balaban J connectivity index is 2.02. The Labute approximate surface area is 113 Å². The topological polar surface area (TPSA) is 103 Å². The molecule has 8 heteroatoms. The van der Waals surface area contributed by atoms with E-state index < -0.39 is 4.92 Å². The van der Waals surface area contributed by atoms with Crippen molar-refractivity contribution in [3.8, 4) is 0 Å². The Morgan fingerprint density at radius 1 is 1.55 bits per heavy atom. The number of nitrogens with one attached hydrogen (secondary N) is 1. The molecule has 0 unspecified atom stereocenters. The third kappa shape index (κ3) is 2.91. The number of carbonyl (C=O) groups excluding carboxylic acids is 1. The van der Waals surface area contributed by atoms with Crippen molar-refractivity contribution in [2.75, 3.05) is 5.32 Å². The van der Waals surface area contributed by atoms with E-state index in [-0.39, 0.29) is 17.6 Å². The van der Waals surface area contributed by atoms with Crippen LogP contribution >= 0.6 is 0 Å². The van der Waals surface area contributed by atoms with Crippen LogP contribution in [0.1, 0.15) is 11.5 Å². The van der Waals surface area contributed by atoms with Gasteiger partial charge in [-0.25, -0.2) is 0 Å². The van der Waals surface area contributed by atoms with Crippen molar-refractivity contribution < 1.29 is 14.1 Å². The second-order valence-electron chi connectivity index (χ2n) is 4.02. The van der Waals surface area contributed by atoms with Crippen molar-refractivity contribution in [2.45, 2.75) is 6.92 Å². The summed E-state index contributed by atoms with van der Waals surface area (Å²) in [4.78, 5) is 21.5. The van der Waals surface area contributed by atoms with Crippen molar-refractivity contribution >= 4 is 23.6 Å². The molecule has 1 N–H and O–H groups in total. The van der Waals surface area contributed by atoms with Gasteiger partial charge in [-0.15, -0.1) is 0 Å². The molecule has 2 aromatic heterocycles. The molecular weight excluding hydrogens is 264 g/mol. The van der Waals surface area contributed by atoms with Crippen LogP contribution in [0.25, 0.3) is 6.08 Å². The zero-order valence-corrected chi connectivity index (χ0v) is 10.9. The summed E-state index contributed by atoms with van der Waals surface area (Å²) in [5.74, 6) is -0.511. The maximum absolute atomic E-state index is 11.7. The highest BCUT2D eigenvalue weighted by atomic mass is 16.6. The summed E-state index contributed by atoms with van der Waals surface area (Å²) in [6, 6.07) is 2.64. The summed E-state index contributed by atoms with van der Waals surface area (Å²) in [7, 11) is 1.77. The van der Waals surface area contributed by atoms with Crippen LogP contribution in [-0.2, 0) is 11.8 Å². The fourth-order valence-electron chi connectivity index (χ4n) is 1.48. The van der Waals surface area contributed by atoms with Gasteiger partial charge in [0.25, 0.3) is 0 Å². The highest BCUT2D eigenvalue weighted by molar-refractivity contribution is 6.01. The van der Waals surface area contributed by atoms with Crippen molar-refractivity contribution in [1.82, 2.24) is 9.78 Å². The first-order chi connectivity index (χ1) is 9.47. The van der Waals surface area contributed by atoms with E-state index in [1.807, 2.05) is 6.92 Å². The first-order valence-electron chi connectivity index (χ1n) is 5.69. The summed E-state index contributed by atoms with van der Waals surface area (Å²) < 4.78 is 6.53. The van der Waals surface area contributed by atoms with Gasteiger partial charge in [0.2, 0.25) is 5.91 Å². The van der Waals surface area contributed by atoms with Gasteiger partial charge in [-0.2, -0.15) is 5.10 Å². The zero-order chi connectivity index (χ0) is 14.7. The van der Waals surface area contributed by atoms with Crippen LogP contribution in [0.2, 0.25) is 0 Å². The molecule has 8 nitrogen and oxygen atoms in total. The quantitative estimate of drug-likeness (QED) is 0.521. The fraction of sp³-hybridized carbons (Fsp3) is 0.167. The smallest absolute Gasteiger partial charge is 0.401 e. The lowest BCUT2D eigenvalue weighted by Gasteiger charge is -2.00. The van der Waals surface area contributed by atoms with Crippen molar-refractivity contribution in [3.63, 3.8) is 0 Å². The predicted molar refractivity (Wildman–Crippen MR) is 71.0 cm³/mol. The number of hydrogen-bond donors (Lipinski definition) is 1. The number of anilines is 1. The molecule has 0 bridgehead atoms. The molecule has 1 amide bonds. The number of rotatable bonds is 4. The number of aromatic nitrogens is 2. The predicted octanol–water partition coefficient (Wildman–Crippen LogP) is 1.88. The van der Waals surface area contributed by atoms with Crippen LogP contribution in [0.15, 0.2) is 28.8 Å². The summed E-state index contributed by atoms with van der Waals surface area (Å²) >= 11 is 0. The van der Waals surface area contributed by atoms with Crippen molar-refractivity contribution in [2.24, 2.45) is 7.05 Å². The van der Waals surface area contributed by atoms with Gasteiger partial charge in [0.05, 0.1) is 23.6 Å². The van der Waals surface area contributed by atoms with Gasteiger partial charge in [-0.3, -0.25) is 19.6 Å². The van der Waals surface area contributed by atoms with E-state index in [4.69, 9.17) is 4.42 Å². The number of carbonyl (C=O) groups is 1. The molecule has 20 heavy (non-hydrogen) atoms. The summed E-state index contributed by atoms with van der Waals surface area (Å²) in [6.07, 6.45) is 4.13. The van der Waals surface area contributed by atoms with E-state index in [9.17, 15) is 14.9 Å². The average molecular weight is 276 g/mol. The van der Waals surface area contributed by atoms with E-state index in [2.05, 4.69) is 10.4 Å². The monoisotopic (exact) mass is 276 g/mol. The Kier molecular flexibility index (Phi) is 3.65. The standard InChI is InChI=1S/C12H12N4O4/c1-8-10(7-13-15(8)2)14-11(17)5-3-9-4-6-12(20-9)16(18)19/h3-7H,1-2H3,(H,14,17)/b5-3+. The molecule has 0 aromatic carbocycles. The summed E-state index contributed by atoms with van der Waals surface area (Å²) in [6.45, 7) is 1.82. The minimum absolute atomic E-state index is 0.231. The van der Waals surface area contributed by atoms with E-state index in [1.165, 1.54) is 24.3 Å². The van der Waals surface area contributed by atoms with Gasteiger partial charge >= 0.3 is 5.88 Å². The second-order valence-corrected chi connectivity index (χ2v) is 4.02. The third-order valence-electron chi connectivity index (χ3n) is 2.68. The molecular formula is C12H12N4O4. The van der Waals surface area contributed by atoms with E-state index in [0.29, 0.717) is 5.69 Å². The van der Waals surface area contributed by atoms with Gasteiger partial charge in [-0.05, 0) is 19.1 Å². The fourth-order valence-corrected chi connectivity index (χ4v) is 1.48. The molecule has 0 aliphatic heterocycles. The van der Waals surface area contributed by atoms with Crippen LogP contribution in [0.5, 0.6) is 0 Å². The molecule has 0 spiro atoms. The van der Waals surface area contributed by atoms with Crippen molar-refractivity contribution in [3.05, 3.63) is 46.0 Å². The molecule has 0 saturated heterocycles. The number of hydrogen-bond acceptors (Lipinski definition) is 5. The third-order valence-corrected chi connectivity index (χ3v) is 2.68. The van der Waals surface area contributed by atoms with E-state index in [1.54, 1.807) is 17.9 Å². The molecule has 0 radical (unpaired) electrons. The minimum Gasteiger partial charge on any atom is -0.401 e. The molecule has 104 valence electrons. The lowest BCUT2D eigenvalue weighted by atomic mass is 10.3. The Bertz CT molecular complexity index is 683. The van der Waals surface area contributed by atoms with E-state index >= 15 is 0 Å². The average Bonchev–Trinajstić information content (AvgIpc) is 2.99. The van der Waals surface area contributed by atoms with Crippen LogP contribution in [0.4, 0.5) is 11.6 Å². The van der Waals surface area contributed by atoms with Crippen LogP contribution in [0.3, 0.4) is 0 Å². The maximum atomic E-state index is 11.7. The number of nitro groups is 1. The molecule has 0 atom stereocenters. The number of amides is 1. The highest BCUT2D eigenvalue weighted by Gasteiger charge is 2.10. The molecule has 2 rings (SSSR count). The number of aryl methyl sites for hydroxylation is 1. The SMILES string of the molecule is Cc1c(NC(=O)/C=C/c2ccc([N+](=O)[O-])o2)cnn1C. The van der Waals surface area contributed by atoms with Gasteiger partial charge < -0.3 is 9.73 Å². The van der Waals surface area contributed by atoms with Crippen LogP contribution in [0, 0.1) is 17.0 Å². The zero-order valence-electron chi connectivity index (χ0n) is 10.9. The molecule has 0 aliphatic carbocycles. The van der Waals surface area contributed by atoms with E-state index in [0.717, 1.165) is 5.69 Å². The largest absolute Gasteiger partial charge is 0.433 e. The highest BCUT2D eigenvalue weighted by Crippen LogP contribution is 2.17. The van der Waals surface area contributed by atoms with Crippen LogP contribution in [-0.4, -0.2) is 20.6 Å². The first kappa shape index (κ1) is 13.5. The number of nitrogens with zero attached hydrogens (tertiary/aromatic N) is 3. The molecule has 0 fully saturated rings. The number of furan rings is 1. The van der Waals surface area contributed by atoms with Gasteiger partial charge in [0, 0.05) is 13.1 Å². The second kappa shape index (κ2) is 5.39. The van der Waals surface area contributed by atoms with Gasteiger partial charge in [-0.1, -0.05) is 0 Å². The Morgan fingerprint density at radius 2 is 2.30 bits per heavy atom. The minimum atomic E-state index is -0.642. The summed E-state index contributed by atoms with van der Waals surface area (Å²) in [5, 5.41) is 17.1. The van der Waals surface area contributed by atoms with Crippen LogP contribution < -0.4 is 5.32 Å². The molecule has 0 aliphatic rings. The maximum Gasteiger partial charge on any atom is 0.433 e. The Hall–Kier alpha value is -2.90. The molecule has 2 aromatic rings. The molecule has 0 saturated carbocycles. The summed E-state index contributed by atoms with van der Waals surface area (Å²) in [5.41, 5.74) is 1.42. The lowest BCUT2D eigenvalue weighted by molar-refractivity contribution is -0.402. The van der Waals surface area contributed by atoms with Crippen molar-refractivity contribution in [1.29, 1.82) is 0 Å². The molecule has 2 heterocycles. The first-order valence-corrected chi connectivity index (χ1v) is 5.69. The van der Waals surface area contributed by atoms with Gasteiger partial charge in [0.15, 0.2) is 0 Å². The normalized spacial score (nSPS) is 10.9. The Morgan fingerprint density at radius 3 is 2.85 bits per heavy atom. The lowest BCUT2D eigenvalue weighted by Crippen LogP contribution is -2.08. The van der Waals surface area contributed by atoms with Gasteiger partial charge in [0.1, 0.15) is 10.7 Å².